The van der Waals surface area contributed by atoms with Gasteiger partial charge in [0.05, 0.1) is 0 Å². The molecule has 0 rings (SSSR count). The number of rotatable bonds is 0. The summed E-state index contributed by atoms with van der Waals surface area (Å²) in [6.45, 7) is 0. The molecular weight excluding hydrogens is 402 g/mol. The van der Waals surface area contributed by atoms with Gasteiger partial charge in [-0.15, -0.1) is 0 Å². The Bertz CT molecular complexity index is 101. The second-order valence-corrected chi connectivity index (χ2v) is 1.34. The van der Waals surface area contributed by atoms with Crippen molar-refractivity contribution in [3.63, 3.8) is 0 Å². The van der Waals surface area contributed by atoms with E-state index in [1.807, 2.05) is 0 Å². The van der Waals surface area contributed by atoms with Gasteiger partial charge < -0.3 is 87.6 Å². The zero-order valence-corrected chi connectivity index (χ0v) is 10.9. The molecule has 0 saturated carbocycles. The Morgan fingerprint density at radius 1 is 0.391 bits per heavy atom. The van der Waals surface area contributed by atoms with Crippen LogP contribution in [0.1, 0.15) is 0 Å². The molecule has 0 unspecified atom stereocenters. The molecule has 20 nitrogen and oxygen atoms in total. The second-order valence-electron chi connectivity index (χ2n) is 0.448. The topological polar surface area (TPSA) is 579 Å². The van der Waals surface area contributed by atoms with Crippen LogP contribution in [0.3, 0.4) is 0 Å². The molecule has 23 heteroatoms. The summed E-state index contributed by atoms with van der Waals surface area (Å²) in [6, 6.07) is 0. The van der Waals surface area contributed by atoms with Crippen molar-refractivity contribution < 1.29 is 105 Å². The Kier molecular flexibility index (Phi) is 5560. The second kappa shape index (κ2) is 236. The van der Waals surface area contributed by atoms with Crippen LogP contribution in [0.5, 0.6) is 0 Å². The first-order valence-corrected chi connectivity index (χ1v) is 2.10. The molecular formula is H38AlNaO20S. The summed E-state index contributed by atoms with van der Waals surface area (Å²) in [5.74, 6) is 0. The maximum atomic E-state index is 8.74. The van der Waals surface area contributed by atoms with Crippen molar-refractivity contribution in [2.45, 2.75) is 0 Å². The quantitative estimate of drug-likeness (QED) is 0.273. The van der Waals surface area contributed by atoms with E-state index in [2.05, 4.69) is 0 Å². The molecule has 0 aliphatic carbocycles. The predicted octanol–water partition coefficient (Wildman–Crippen LogP) is -15.7. The van der Waals surface area contributed by atoms with Crippen molar-refractivity contribution in [1.82, 2.24) is 0 Å². The molecule has 0 saturated heterocycles. The van der Waals surface area contributed by atoms with E-state index in [0.717, 1.165) is 0 Å². The third-order valence-electron chi connectivity index (χ3n) is 0. The maximum absolute atomic E-state index is 8.74. The third kappa shape index (κ3) is 16900. The number of hydrogen-bond acceptors (Lipinski definition) is 2. The van der Waals surface area contributed by atoms with Gasteiger partial charge >= 0.3 is 40.0 Å². The Hall–Kier alpha value is 0.762. The normalized spacial score (nSPS) is 2.52. The van der Waals surface area contributed by atoms with E-state index in [9.17, 15) is 0 Å². The van der Waals surface area contributed by atoms with Crippen molar-refractivity contribution in [3.05, 3.63) is 0 Å². The molecule has 34 N–H and O–H groups in total. The molecule has 0 radical (unpaired) electrons. The van der Waals surface area contributed by atoms with Crippen molar-refractivity contribution in [1.29, 1.82) is 0 Å². The summed E-state index contributed by atoms with van der Waals surface area (Å²) in [5, 5.41) is 0. The van der Waals surface area contributed by atoms with Crippen LogP contribution in [0, 0.1) is 0 Å². The minimum atomic E-state index is -4.67. The molecule has 0 amide bonds. The predicted molar refractivity (Wildman–Crippen MR) is 89.1 cm³/mol. The number of hydrogen-bond donors (Lipinski definition) is 2. The molecule has 0 spiro atoms. The van der Waals surface area contributed by atoms with Crippen LogP contribution >= 0.6 is 0 Å². The van der Waals surface area contributed by atoms with Gasteiger partial charge in [-0.3, -0.25) is 9.11 Å². The van der Waals surface area contributed by atoms with Gasteiger partial charge in [0.1, 0.15) is 0 Å². The molecule has 0 heterocycles. The standard InChI is InChI=1S/Al.Na.H2O4S.16H2O.4H/c;;1-5(2,3)4;;;;;;;;;;;;;;;;;;;;/h;;(H2,1,2,3,4);16*1H2;;;;. The molecule has 0 atom stereocenters. The van der Waals surface area contributed by atoms with Gasteiger partial charge in [0.25, 0.3) is 0 Å². The average Bonchev–Trinajstić information content (AvgIpc) is 0.722. The summed E-state index contributed by atoms with van der Waals surface area (Å²) in [7, 11) is -4.67. The van der Waals surface area contributed by atoms with Gasteiger partial charge in [-0.2, -0.15) is 8.42 Å². The van der Waals surface area contributed by atoms with Crippen LogP contribution in [-0.4, -0.2) is 152 Å². The summed E-state index contributed by atoms with van der Waals surface area (Å²) in [4.78, 5) is 0. The molecule has 0 aliphatic heterocycles. The van der Waals surface area contributed by atoms with Crippen LogP contribution in [-0.2, 0) is 10.4 Å². The van der Waals surface area contributed by atoms with Crippen LogP contribution in [0.25, 0.3) is 0 Å². The Labute approximate surface area is 162 Å². The summed E-state index contributed by atoms with van der Waals surface area (Å²) >= 11 is 0. The molecule has 0 aromatic heterocycles. The molecule has 0 bridgehead atoms. The van der Waals surface area contributed by atoms with Gasteiger partial charge in [-0.1, -0.05) is 0 Å². The average molecular weight is 440 g/mol. The van der Waals surface area contributed by atoms with Gasteiger partial charge in [-0.05, 0) is 0 Å². The van der Waals surface area contributed by atoms with E-state index in [1.54, 1.807) is 0 Å². The van der Waals surface area contributed by atoms with Crippen LogP contribution in [0.2, 0.25) is 0 Å². The van der Waals surface area contributed by atoms with E-state index < -0.39 is 10.4 Å². The monoisotopic (exact) mass is 440 g/mol. The van der Waals surface area contributed by atoms with E-state index in [1.165, 1.54) is 0 Å². The molecule has 0 aromatic rings. The van der Waals surface area contributed by atoms with Gasteiger partial charge in [0.15, 0.2) is 17.4 Å². The van der Waals surface area contributed by atoms with E-state index in [-0.39, 0.29) is 135 Å². The zero-order chi connectivity index (χ0) is 4.50. The molecule has 168 valence electrons. The summed E-state index contributed by atoms with van der Waals surface area (Å²) < 4.78 is 31.6. The van der Waals surface area contributed by atoms with Crippen LogP contribution in [0.15, 0.2) is 0 Å². The Morgan fingerprint density at radius 2 is 0.391 bits per heavy atom. The van der Waals surface area contributed by atoms with E-state index in [4.69, 9.17) is 17.5 Å². The van der Waals surface area contributed by atoms with E-state index in [0.29, 0.717) is 0 Å². The van der Waals surface area contributed by atoms with Crippen LogP contribution in [0.4, 0.5) is 0 Å². The first-order valence-electron chi connectivity index (χ1n) is 0.698. The van der Waals surface area contributed by atoms with Gasteiger partial charge in [0, 0.05) is 0 Å². The molecule has 0 aromatic carbocycles. The SMILES string of the molecule is O.O.O.O.O.O.O.O.O.O.O.O.O.O.O.O.O=S(=O)(O)O.[AlH3].[NaH]. The first-order chi connectivity index (χ1) is 2.00. The molecule has 23 heavy (non-hydrogen) atoms. The van der Waals surface area contributed by atoms with Crippen molar-refractivity contribution >= 4 is 57.3 Å². The van der Waals surface area contributed by atoms with Gasteiger partial charge in [0.2, 0.25) is 0 Å². The third-order valence-corrected chi connectivity index (χ3v) is 0. The Morgan fingerprint density at radius 3 is 0.391 bits per heavy atom. The molecule has 0 aliphatic rings. The Balaban J connectivity index is -0.000000000523. The fourth-order valence-electron chi connectivity index (χ4n) is 0. The van der Waals surface area contributed by atoms with E-state index >= 15 is 0 Å². The minimum absolute atomic E-state index is 0. The van der Waals surface area contributed by atoms with Crippen molar-refractivity contribution in [2.75, 3.05) is 0 Å². The van der Waals surface area contributed by atoms with Crippen molar-refractivity contribution in [2.24, 2.45) is 0 Å². The first kappa shape index (κ1) is 543. The summed E-state index contributed by atoms with van der Waals surface area (Å²) in [6.07, 6.45) is 0. The zero-order valence-electron chi connectivity index (χ0n) is 10.1. The molecule has 0 fully saturated rings. The fourth-order valence-corrected chi connectivity index (χ4v) is 0. The fraction of sp³-hybridized carbons (Fsp3) is 0. The van der Waals surface area contributed by atoms with Crippen molar-refractivity contribution in [3.8, 4) is 0 Å². The summed E-state index contributed by atoms with van der Waals surface area (Å²) in [5.41, 5.74) is 0. The van der Waals surface area contributed by atoms with Crippen LogP contribution < -0.4 is 0 Å². The van der Waals surface area contributed by atoms with Gasteiger partial charge in [-0.25, -0.2) is 0 Å².